The normalized spacial score (nSPS) is 18.4. The van der Waals surface area contributed by atoms with Crippen LogP contribution in [0.5, 0.6) is 0 Å². The Balaban J connectivity index is 2.19. The van der Waals surface area contributed by atoms with Gasteiger partial charge in [-0.25, -0.2) is 0 Å². The van der Waals surface area contributed by atoms with Gasteiger partial charge in [-0.15, -0.1) is 0 Å². The lowest BCUT2D eigenvalue weighted by Gasteiger charge is -2.40. The van der Waals surface area contributed by atoms with Crippen molar-refractivity contribution in [2.75, 3.05) is 20.6 Å². The molecule has 36 heavy (non-hydrogen) atoms. The van der Waals surface area contributed by atoms with Crippen LogP contribution < -0.4 is 5.32 Å². The maximum absolute atomic E-state index is 12.9. The second-order valence-corrected chi connectivity index (χ2v) is 10.2. The van der Waals surface area contributed by atoms with E-state index in [-0.39, 0.29) is 35.3 Å². The molecule has 196 valence electrons. The van der Waals surface area contributed by atoms with E-state index in [2.05, 4.69) is 5.32 Å². The zero-order chi connectivity index (χ0) is 27.2. The van der Waals surface area contributed by atoms with E-state index in [0.717, 1.165) is 4.90 Å². The minimum atomic E-state index is -1.95. The molecule has 0 radical (unpaired) electrons. The van der Waals surface area contributed by atoms with E-state index in [1.54, 1.807) is 0 Å². The third-order valence-corrected chi connectivity index (χ3v) is 6.08. The SMILES string of the molecule is CC(C)C[C@H](CC(=O)CNC(=O)c1cc(Cl)ccc1Cl)B1OC(=O)C[C@](CC(=O)O)(C(=O)N(C)C)O1. The molecular weight excluding hydrogens is 514 g/mol. The van der Waals surface area contributed by atoms with Gasteiger partial charge in [-0.3, -0.25) is 24.0 Å². The summed E-state index contributed by atoms with van der Waals surface area (Å²) in [4.78, 5) is 63.3. The van der Waals surface area contributed by atoms with E-state index >= 15 is 0 Å². The largest absolute Gasteiger partial charge is 0.531 e. The average molecular weight is 543 g/mol. The Morgan fingerprint density at radius 3 is 2.47 bits per heavy atom. The molecule has 1 aliphatic rings. The molecule has 1 aromatic carbocycles. The van der Waals surface area contributed by atoms with Crippen LogP contribution >= 0.6 is 23.2 Å². The number of benzene rings is 1. The maximum Gasteiger partial charge on any atom is 0.531 e. The Bertz CT molecular complexity index is 1030. The van der Waals surface area contributed by atoms with E-state index < -0.39 is 55.1 Å². The lowest BCUT2D eigenvalue weighted by atomic mass is 9.63. The Hall–Kier alpha value is -2.63. The predicted molar refractivity (Wildman–Crippen MR) is 133 cm³/mol. The number of aliphatic carboxylic acids is 1. The number of carbonyl (C=O) groups is 5. The second kappa shape index (κ2) is 12.6. The maximum atomic E-state index is 12.9. The van der Waals surface area contributed by atoms with Crippen LogP contribution in [-0.4, -0.2) is 72.9 Å². The molecule has 1 aliphatic heterocycles. The third kappa shape index (κ3) is 7.94. The molecule has 2 amide bonds. The molecule has 0 spiro atoms. The Morgan fingerprint density at radius 1 is 1.22 bits per heavy atom. The zero-order valence-corrected chi connectivity index (χ0v) is 22.0. The van der Waals surface area contributed by atoms with Crippen molar-refractivity contribution in [3.63, 3.8) is 0 Å². The van der Waals surface area contributed by atoms with Crippen molar-refractivity contribution in [1.29, 1.82) is 0 Å². The van der Waals surface area contributed by atoms with Crippen molar-refractivity contribution in [2.24, 2.45) is 5.92 Å². The van der Waals surface area contributed by atoms with Crippen LogP contribution in [0.4, 0.5) is 0 Å². The number of ketones is 1. The first-order valence-electron chi connectivity index (χ1n) is 11.3. The van der Waals surface area contributed by atoms with Crippen molar-refractivity contribution in [2.45, 2.75) is 50.9 Å². The van der Waals surface area contributed by atoms with Crippen LogP contribution in [0.2, 0.25) is 15.9 Å². The van der Waals surface area contributed by atoms with Gasteiger partial charge in [-0.1, -0.05) is 37.0 Å². The summed E-state index contributed by atoms with van der Waals surface area (Å²) < 4.78 is 11.2. The van der Waals surface area contributed by atoms with Gasteiger partial charge in [0.15, 0.2) is 11.4 Å². The van der Waals surface area contributed by atoms with Crippen LogP contribution in [0.25, 0.3) is 0 Å². The van der Waals surface area contributed by atoms with Crippen LogP contribution in [0.1, 0.15) is 49.9 Å². The van der Waals surface area contributed by atoms with E-state index in [1.807, 2.05) is 13.8 Å². The highest BCUT2D eigenvalue weighted by atomic mass is 35.5. The molecule has 1 aromatic rings. The smallest absolute Gasteiger partial charge is 0.509 e. The number of hydrogen-bond acceptors (Lipinski definition) is 7. The summed E-state index contributed by atoms with van der Waals surface area (Å²) in [5, 5.41) is 12.4. The van der Waals surface area contributed by atoms with Gasteiger partial charge >= 0.3 is 13.1 Å². The highest BCUT2D eigenvalue weighted by Gasteiger charge is 2.54. The Labute approximate surface area is 219 Å². The first-order chi connectivity index (χ1) is 16.7. The molecule has 2 rings (SSSR count). The fourth-order valence-corrected chi connectivity index (χ4v) is 4.42. The molecule has 10 nitrogen and oxygen atoms in total. The standard InChI is InChI=1S/C23H29BCl2N2O8/c1-13(2)7-14(8-16(29)12-27-21(33)17-9-15(25)5-6-18(17)26)24-35-20(32)11-23(36-24,10-19(30)31)22(34)28(3)4/h5-6,9,13-14H,7-8,10-12H2,1-4H3,(H,27,33)(H,30,31)/t14-,23-/m1/s1. The van der Waals surface area contributed by atoms with Gasteiger partial charge in [0, 0.05) is 31.4 Å². The van der Waals surface area contributed by atoms with E-state index in [0.29, 0.717) is 11.4 Å². The number of halogens is 2. The zero-order valence-electron chi connectivity index (χ0n) is 20.5. The number of likely N-dealkylation sites (N-methyl/N-ethyl adjacent to an activating group) is 1. The summed E-state index contributed by atoms with van der Waals surface area (Å²) in [7, 11) is 1.53. The van der Waals surface area contributed by atoms with E-state index in [1.165, 1.54) is 32.3 Å². The molecule has 1 fully saturated rings. The molecule has 0 unspecified atom stereocenters. The first-order valence-corrected chi connectivity index (χ1v) is 12.1. The lowest BCUT2D eigenvalue weighted by molar-refractivity contribution is -0.169. The van der Waals surface area contributed by atoms with Crippen molar-refractivity contribution in [3.05, 3.63) is 33.8 Å². The molecule has 1 saturated heterocycles. The highest BCUT2D eigenvalue weighted by molar-refractivity contribution is 6.50. The number of Topliss-reactive ketones (excluding diaryl/α,β-unsaturated/α-hetero) is 1. The molecule has 1 heterocycles. The number of amides is 2. The topological polar surface area (TPSA) is 139 Å². The Morgan fingerprint density at radius 2 is 1.89 bits per heavy atom. The van der Waals surface area contributed by atoms with Gasteiger partial charge in [0.1, 0.15) is 0 Å². The molecule has 2 atom stereocenters. The van der Waals surface area contributed by atoms with Crippen molar-refractivity contribution in [1.82, 2.24) is 10.2 Å². The number of carbonyl (C=O) groups excluding carboxylic acids is 4. The Kier molecular flexibility index (Phi) is 10.3. The van der Waals surface area contributed by atoms with Crippen LogP contribution in [0.15, 0.2) is 18.2 Å². The number of carboxylic acids is 1. The van der Waals surface area contributed by atoms with Gasteiger partial charge in [-0.05, 0) is 30.5 Å². The summed E-state index contributed by atoms with van der Waals surface area (Å²) in [6.07, 6.45) is -1.09. The van der Waals surface area contributed by atoms with Gasteiger partial charge in [0.25, 0.3) is 17.8 Å². The summed E-state index contributed by atoms with van der Waals surface area (Å²) >= 11 is 11.9. The highest BCUT2D eigenvalue weighted by Crippen LogP contribution is 2.36. The van der Waals surface area contributed by atoms with Crippen LogP contribution in [0, 0.1) is 5.92 Å². The van der Waals surface area contributed by atoms with Gasteiger partial charge in [-0.2, -0.15) is 0 Å². The fraction of sp³-hybridized carbons (Fsp3) is 0.522. The van der Waals surface area contributed by atoms with Gasteiger partial charge in [0.2, 0.25) is 0 Å². The first kappa shape index (κ1) is 29.6. The molecule has 0 saturated carbocycles. The predicted octanol–water partition coefficient (Wildman–Crippen LogP) is 2.85. The number of hydrogen-bond donors (Lipinski definition) is 2. The minimum absolute atomic E-state index is 0.0466. The van der Waals surface area contributed by atoms with Crippen LogP contribution in [-0.2, 0) is 28.5 Å². The monoisotopic (exact) mass is 542 g/mol. The molecule has 2 N–H and O–H groups in total. The van der Waals surface area contributed by atoms with Crippen molar-refractivity contribution in [3.8, 4) is 0 Å². The van der Waals surface area contributed by atoms with Gasteiger partial charge in [0.05, 0.1) is 30.0 Å². The van der Waals surface area contributed by atoms with E-state index in [9.17, 15) is 29.1 Å². The molecule has 0 aromatic heterocycles. The number of nitrogens with one attached hydrogen (secondary N) is 1. The average Bonchev–Trinajstić information content (AvgIpc) is 2.76. The van der Waals surface area contributed by atoms with Gasteiger partial charge < -0.3 is 24.6 Å². The van der Waals surface area contributed by atoms with Crippen molar-refractivity contribution < 1.29 is 38.4 Å². The molecule has 0 aliphatic carbocycles. The lowest BCUT2D eigenvalue weighted by Crippen LogP contribution is -2.59. The molecule has 0 bridgehead atoms. The quantitative estimate of drug-likeness (QED) is 0.407. The minimum Gasteiger partial charge on any atom is -0.509 e. The number of nitrogens with zero attached hydrogens (tertiary/aromatic N) is 1. The molecule has 13 heteroatoms. The number of rotatable bonds is 11. The third-order valence-electron chi connectivity index (χ3n) is 5.52. The second-order valence-electron chi connectivity index (χ2n) is 9.36. The fourth-order valence-electron chi connectivity index (χ4n) is 4.05. The van der Waals surface area contributed by atoms with Crippen molar-refractivity contribution >= 4 is 59.9 Å². The number of carboxylic acid groups (broad SMARTS) is 1. The van der Waals surface area contributed by atoms with Crippen LogP contribution in [0.3, 0.4) is 0 Å². The molecular formula is C23H29BCl2N2O8. The summed E-state index contributed by atoms with van der Waals surface area (Å²) in [5.74, 6) is -4.42. The van der Waals surface area contributed by atoms with E-state index in [4.69, 9.17) is 32.5 Å². The summed E-state index contributed by atoms with van der Waals surface area (Å²) in [6.45, 7) is 3.44. The summed E-state index contributed by atoms with van der Waals surface area (Å²) in [5.41, 5.74) is -1.84. The summed E-state index contributed by atoms with van der Waals surface area (Å²) in [6, 6.07) is 4.37.